The van der Waals surface area contributed by atoms with Crippen molar-refractivity contribution in [1.82, 2.24) is 4.98 Å². The van der Waals surface area contributed by atoms with Gasteiger partial charge in [0.15, 0.2) is 0 Å². The Kier molecular flexibility index (Phi) is 3.66. The van der Waals surface area contributed by atoms with Crippen LogP contribution in [0.15, 0.2) is 18.2 Å². The Balaban J connectivity index is 2.78. The highest BCUT2D eigenvalue weighted by Crippen LogP contribution is 2.13. The average Bonchev–Trinajstić information content (AvgIpc) is 2.18. The number of nitrogens with zero attached hydrogens (tertiary/aromatic N) is 1. The number of nitrogen functional groups attached to an aromatic ring is 1. The van der Waals surface area contributed by atoms with Crippen molar-refractivity contribution < 1.29 is 4.74 Å². The molecular weight excluding hydrogens is 190 g/mol. The van der Waals surface area contributed by atoms with Crippen LogP contribution in [0.25, 0.3) is 0 Å². The van der Waals surface area contributed by atoms with Gasteiger partial charge in [-0.25, -0.2) is 4.98 Å². The molecular formula is C11H17N3O. The number of ether oxygens (including phenoxy) is 1. The van der Waals surface area contributed by atoms with Crippen LogP contribution in [0.3, 0.4) is 0 Å². The minimum Gasteiger partial charge on any atom is -0.474 e. The van der Waals surface area contributed by atoms with E-state index in [0.717, 1.165) is 0 Å². The lowest BCUT2D eigenvalue weighted by Crippen LogP contribution is -2.20. The zero-order valence-electron chi connectivity index (χ0n) is 9.32. The van der Waals surface area contributed by atoms with Gasteiger partial charge in [0, 0.05) is 6.07 Å². The summed E-state index contributed by atoms with van der Waals surface area (Å²) in [6.45, 7) is 6.16. The third-order valence-corrected chi connectivity index (χ3v) is 2.24. The van der Waals surface area contributed by atoms with Crippen LogP contribution < -0.4 is 10.5 Å². The first kappa shape index (κ1) is 11.5. The van der Waals surface area contributed by atoms with E-state index in [4.69, 9.17) is 15.9 Å². The molecule has 0 aliphatic heterocycles. The van der Waals surface area contributed by atoms with Crippen LogP contribution in [-0.4, -0.2) is 16.9 Å². The van der Waals surface area contributed by atoms with E-state index in [1.807, 2.05) is 6.92 Å². The van der Waals surface area contributed by atoms with Crippen molar-refractivity contribution in [2.24, 2.45) is 11.7 Å². The number of nitrogens with two attached hydrogens (primary N) is 1. The Hall–Kier alpha value is -1.58. The largest absolute Gasteiger partial charge is 0.474 e. The summed E-state index contributed by atoms with van der Waals surface area (Å²) in [6, 6.07) is 5.24. The first-order valence-corrected chi connectivity index (χ1v) is 4.99. The number of hydrogen-bond acceptors (Lipinski definition) is 3. The molecule has 0 amide bonds. The van der Waals surface area contributed by atoms with Crippen molar-refractivity contribution in [3.05, 3.63) is 23.9 Å². The molecule has 0 aromatic carbocycles. The van der Waals surface area contributed by atoms with Crippen LogP contribution in [0.1, 0.15) is 26.5 Å². The van der Waals surface area contributed by atoms with Crippen molar-refractivity contribution in [3.8, 4) is 5.88 Å². The van der Waals surface area contributed by atoms with Crippen LogP contribution in [0.4, 0.5) is 0 Å². The van der Waals surface area contributed by atoms with Gasteiger partial charge in [0.2, 0.25) is 5.88 Å². The molecule has 0 bridgehead atoms. The van der Waals surface area contributed by atoms with Crippen molar-refractivity contribution in [3.63, 3.8) is 0 Å². The summed E-state index contributed by atoms with van der Waals surface area (Å²) in [5.41, 5.74) is 5.79. The number of pyridine rings is 1. The van der Waals surface area contributed by atoms with Gasteiger partial charge in [0.25, 0.3) is 0 Å². The second kappa shape index (κ2) is 4.77. The predicted octanol–water partition coefficient (Wildman–Crippen LogP) is 1.79. The molecule has 82 valence electrons. The molecule has 0 aliphatic carbocycles. The van der Waals surface area contributed by atoms with E-state index in [0.29, 0.717) is 17.5 Å². The molecule has 0 spiro atoms. The van der Waals surface area contributed by atoms with Gasteiger partial charge in [-0.05, 0) is 18.9 Å². The molecule has 0 saturated heterocycles. The van der Waals surface area contributed by atoms with Gasteiger partial charge in [-0.3, -0.25) is 5.41 Å². The van der Waals surface area contributed by atoms with Gasteiger partial charge in [0.1, 0.15) is 11.5 Å². The van der Waals surface area contributed by atoms with E-state index < -0.39 is 0 Å². The maximum atomic E-state index is 7.26. The lowest BCUT2D eigenvalue weighted by molar-refractivity contribution is 0.163. The maximum Gasteiger partial charge on any atom is 0.214 e. The van der Waals surface area contributed by atoms with Crippen LogP contribution in [-0.2, 0) is 0 Å². The highest BCUT2D eigenvalue weighted by Gasteiger charge is 2.10. The molecule has 1 rings (SSSR count). The molecule has 4 nitrogen and oxygen atoms in total. The lowest BCUT2D eigenvalue weighted by atomic mass is 10.1. The van der Waals surface area contributed by atoms with Gasteiger partial charge in [-0.1, -0.05) is 19.9 Å². The Morgan fingerprint density at radius 3 is 2.60 bits per heavy atom. The molecule has 1 heterocycles. The maximum absolute atomic E-state index is 7.26. The smallest absolute Gasteiger partial charge is 0.214 e. The highest BCUT2D eigenvalue weighted by atomic mass is 16.5. The van der Waals surface area contributed by atoms with E-state index >= 15 is 0 Å². The second-order valence-electron chi connectivity index (χ2n) is 3.84. The Bertz CT molecular complexity index is 349. The van der Waals surface area contributed by atoms with Crippen molar-refractivity contribution >= 4 is 5.84 Å². The van der Waals surface area contributed by atoms with E-state index in [9.17, 15) is 0 Å². The molecule has 0 aliphatic rings. The molecule has 3 N–H and O–H groups in total. The lowest BCUT2D eigenvalue weighted by Gasteiger charge is -2.17. The zero-order chi connectivity index (χ0) is 11.4. The summed E-state index contributed by atoms with van der Waals surface area (Å²) in [4.78, 5) is 4.12. The molecule has 4 heteroatoms. The number of nitrogens with one attached hydrogen (secondary N) is 1. The molecule has 15 heavy (non-hydrogen) atoms. The van der Waals surface area contributed by atoms with Crippen LogP contribution >= 0.6 is 0 Å². The van der Waals surface area contributed by atoms with Gasteiger partial charge >= 0.3 is 0 Å². The van der Waals surface area contributed by atoms with Gasteiger partial charge in [0.05, 0.1) is 6.10 Å². The average molecular weight is 207 g/mol. The van der Waals surface area contributed by atoms with Crippen LogP contribution in [0.2, 0.25) is 0 Å². The summed E-state index contributed by atoms with van der Waals surface area (Å²) in [7, 11) is 0. The Labute approximate surface area is 90.0 Å². The number of rotatable bonds is 4. The third-order valence-electron chi connectivity index (χ3n) is 2.24. The quantitative estimate of drug-likeness (QED) is 0.584. The minimum absolute atomic E-state index is 0.0438. The molecule has 1 aromatic heterocycles. The summed E-state index contributed by atoms with van der Waals surface area (Å²) >= 11 is 0. The Morgan fingerprint density at radius 1 is 1.40 bits per heavy atom. The fraction of sp³-hybridized carbons (Fsp3) is 0.455. The fourth-order valence-corrected chi connectivity index (χ4v) is 0.957. The van der Waals surface area contributed by atoms with Gasteiger partial charge in [-0.15, -0.1) is 0 Å². The Morgan fingerprint density at radius 2 is 2.07 bits per heavy atom. The van der Waals surface area contributed by atoms with Crippen molar-refractivity contribution in [2.75, 3.05) is 0 Å². The van der Waals surface area contributed by atoms with Gasteiger partial charge < -0.3 is 10.5 Å². The topological polar surface area (TPSA) is 72.0 Å². The molecule has 0 fully saturated rings. The summed E-state index contributed by atoms with van der Waals surface area (Å²) < 4.78 is 5.60. The van der Waals surface area contributed by atoms with Gasteiger partial charge in [-0.2, -0.15) is 0 Å². The summed E-state index contributed by atoms with van der Waals surface area (Å²) in [5.74, 6) is 0.898. The number of aromatic nitrogens is 1. The molecule has 0 saturated carbocycles. The van der Waals surface area contributed by atoms with Crippen molar-refractivity contribution in [1.29, 1.82) is 5.41 Å². The molecule has 1 aromatic rings. The number of amidine groups is 1. The first-order valence-electron chi connectivity index (χ1n) is 4.99. The summed E-state index contributed by atoms with van der Waals surface area (Å²) in [6.07, 6.45) is 0.0970. The molecule has 1 unspecified atom stereocenters. The standard InChI is InChI=1S/C11H17N3O/c1-7(2)8(3)15-10-6-4-5-9(14-10)11(12)13/h4-8H,1-3H3,(H3,12,13). The molecule has 1 atom stereocenters. The van der Waals surface area contributed by atoms with E-state index in [2.05, 4.69) is 18.8 Å². The SMILES string of the molecule is CC(C)C(C)Oc1cccc(C(=N)N)n1. The van der Waals surface area contributed by atoms with E-state index in [1.54, 1.807) is 18.2 Å². The zero-order valence-corrected chi connectivity index (χ0v) is 9.32. The van der Waals surface area contributed by atoms with Crippen molar-refractivity contribution in [2.45, 2.75) is 26.9 Å². The third kappa shape index (κ3) is 3.23. The predicted molar refractivity (Wildman–Crippen MR) is 60.2 cm³/mol. The normalized spacial score (nSPS) is 12.5. The second-order valence-corrected chi connectivity index (χ2v) is 3.84. The van der Waals surface area contributed by atoms with Crippen LogP contribution in [0, 0.1) is 11.3 Å². The monoisotopic (exact) mass is 207 g/mol. The highest BCUT2D eigenvalue weighted by molar-refractivity contribution is 5.93. The number of hydrogen-bond donors (Lipinski definition) is 2. The molecule has 0 radical (unpaired) electrons. The van der Waals surface area contributed by atoms with E-state index in [1.165, 1.54) is 0 Å². The summed E-state index contributed by atoms with van der Waals surface area (Å²) in [5, 5.41) is 7.26. The first-order chi connectivity index (χ1) is 7.00. The minimum atomic E-state index is -0.0438. The van der Waals surface area contributed by atoms with E-state index in [-0.39, 0.29) is 11.9 Å². The fourth-order valence-electron chi connectivity index (χ4n) is 0.957. The van der Waals surface area contributed by atoms with Crippen LogP contribution in [0.5, 0.6) is 5.88 Å².